The summed E-state index contributed by atoms with van der Waals surface area (Å²) in [6.07, 6.45) is 4.16. The third-order valence-electron chi connectivity index (χ3n) is 4.92. The molecule has 0 saturated heterocycles. The van der Waals surface area contributed by atoms with Crippen LogP contribution in [0.15, 0.2) is 12.1 Å². The number of benzene rings is 1. The molecular weight excluding hydrogens is 396 g/mol. The van der Waals surface area contributed by atoms with Crippen molar-refractivity contribution in [1.29, 1.82) is 0 Å². The van der Waals surface area contributed by atoms with Crippen LogP contribution in [0, 0.1) is 0 Å². The molecule has 0 bridgehead atoms. The molecule has 1 aliphatic carbocycles. The minimum absolute atomic E-state index is 0.0245. The van der Waals surface area contributed by atoms with Gasteiger partial charge in [0.1, 0.15) is 10.8 Å². The lowest BCUT2D eigenvalue weighted by molar-refractivity contribution is -0.120. The lowest BCUT2D eigenvalue weighted by Gasteiger charge is -2.30. The van der Waals surface area contributed by atoms with Gasteiger partial charge in [0.05, 0.1) is 34.0 Å². The second kappa shape index (κ2) is 9.42. The molecule has 0 aliphatic heterocycles. The SMILES string of the molecule is CC(=O)N[C@@H](C)CO[C@H]1CC[C@H](Oc2ccc3nc(C(C)C)sc3c2Cl)CC1. The molecule has 1 N–H and O–H groups in total. The smallest absolute Gasteiger partial charge is 0.217 e. The van der Waals surface area contributed by atoms with Crippen molar-refractivity contribution in [1.82, 2.24) is 10.3 Å². The third-order valence-corrected chi connectivity index (χ3v) is 6.80. The molecule has 0 unspecified atom stereocenters. The van der Waals surface area contributed by atoms with Crippen molar-refractivity contribution in [2.24, 2.45) is 0 Å². The van der Waals surface area contributed by atoms with Gasteiger partial charge in [-0.1, -0.05) is 25.4 Å². The summed E-state index contributed by atoms with van der Waals surface area (Å²) in [6.45, 7) is 8.30. The van der Waals surface area contributed by atoms with Crippen molar-refractivity contribution in [3.8, 4) is 5.75 Å². The summed E-state index contributed by atoms with van der Waals surface area (Å²) in [6, 6.07) is 3.97. The topological polar surface area (TPSA) is 60.5 Å². The van der Waals surface area contributed by atoms with Crippen LogP contribution >= 0.6 is 22.9 Å². The maximum absolute atomic E-state index is 11.1. The van der Waals surface area contributed by atoms with Gasteiger partial charge in [0.15, 0.2) is 0 Å². The molecule has 2 aromatic rings. The van der Waals surface area contributed by atoms with Gasteiger partial charge in [-0.2, -0.15) is 0 Å². The van der Waals surface area contributed by atoms with Gasteiger partial charge < -0.3 is 14.8 Å². The van der Waals surface area contributed by atoms with Crippen LogP contribution in [0.2, 0.25) is 5.02 Å². The van der Waals surface area contributed by atoms with E-state index in [2.05, 4.69) is 24.1 Å². The Labute approximate surface area is 175 Å². The zero-order valence-corrected chi connectivity index (χ0v) is 18.5. The Balaban J connectivity index is 1.53. The van der Waals surface area contributed by atoms with E-state index >= 15 is 0 Å². The van der Waals surface area contributed by atoms with Gasteiger partial charge in [-0.3, -0.25) is 4.79 Å². The molecule has 1 saturated carbocycles. The highest BCUT2D eigenvalue weighted by molar-refractivity contribution is 7.19. The van der Waals surface area contributed by atoms with Gasteiger partial charge in [-0.05, 0) is 44.7 Å². The Bertz CT molecular complexity index is 815. The largest absolute Gasteiger partial charge is 0.489 e. The Kier molecular flexibility index (Phi) is 7.18. The number of amides is 1. The maximum atomic E-state index is 11.1. The van der Waals surface area contributed by atoms with Crippen LogP contribution in [-0.4, -0.2) is 35.7 Å². The highest BCUT2D eigenvalue weighted by Crippen LogP contribution is 2.39. The molecule has 0 spiro atoms. The first kappa shape index (κ1) is 21.3. The van der Waals surface area contributed by atoms with Crippen molar-refractivity contribution >= 4 is 39.1 Å². The fourth-order valence-electron chi connectivity index (χ4n) is 3.46. The van der Waals surface area contributed by atoms with Crippen LogP contribution in [0.25, 0.3) is 10.2 Å². The first-order valence-corrected chi connectivity index (χ1v) is 11.2. The summed E-state index contributed by atoms with van der Waals surface area (Å²) in [4.78, 5) is 15.7. The van der Waals surface area contributed by atoms with E-state index in [-0.39, 0.29) is 24.2 Å². The van der Waals surface area contributed by atoms with Crippen LogP contribution in [0.4, 0.5) is 0 Å². The number of nitrogens with one attached hydrogen (secondary N) is 1. The number of hydrogen-bond acceptors (Lipinski definition) is 5. The molecule has 1 aromatic carbocycles. The minimum atomic E-state index is -0.0245. The molecule has 7 heteroatoms. The summed E-state index contributed by atoms with van der Waals surface area (Å²) in [5.41, 5.74) is 0.941. The summed E-state index contributed by atoms with van der Waals surface area (Å²) < 4.78 is 13.2. The van der Waals surface area contributed by atoms with Crippen molar-refractivity contribution in [2.75, 3.05) is 6.61 Å². The Morgan fingerprint density at radius 3 is 2.57 bits per heavy atom. The van der Waals surface area contributed by atoms with Gasteiger partial charge in [0, 0.05) is 18.9 Å². The van der Waals surface area contributed by atoms with E-state index in [0.717, 1.165) is 46.7 Å². The van der Waals surface area contributed by atoms with Gasteiger partial charge in [-0.25, -0.2) is 4.98 Å². The molecule has 154 valence electrons. The van der Waals surface area contributed by atoms with Crippen molar-refractivity contribution in [3.05, 3.63) is 22.2 Å². The number of carbonyl (C=O) groups excluding carboxylic acids is 1. The fourth-order valence-corrected chi connectivity index (χ4v) is 4.78. The number of thiazole rings is 1. The minimum Gasteiger partial charge on any atom is -0.489 e. The van der Waals surface area contributed by atoms with E-state index in [1.165, 1.54) is 6.92 Å². The Hall–Kier alpha value is -1.37. The molecule has 1 fully saturated rings. The number of fused-ring (bicyclic) bond motifs is 1. The van der Waals surface area contributed by atoms with Gasteiger partial charge in [0.25, 0.3) is 0 Å². The van der Waals surface area contributed by atoms with Gasteiger partial charge in [-0.15, -0.1) is 11.3 Å². The maximum Gasteiger partial charge on any atom is 0.217 e. The number of rotatable bonds is 7. The lowest BCUT2D eigenvalue weighted by Crippen LogP contribution is -2.36. The van der Waals surface area contributed by atoms with E-state index in [1.807, 2.05) is 19.1 Å². The predicted octanol–water partition coefficient (Wildman–Crippen LogP) is 5.30. The van der Waals surface area contributed by atoms with E-state index in [4.69, 9.17) is 21.1 Å². The number of nitrogens with zero attached hydrogens (tertiary/aromatic N) is 1. The Morgan fingerprint density at radius 2 is 1.93 bits per heavy atom. The van der Waals surface area contributed by atoms with Crippen LogP contribution < -0.4 is 10.1 Å². The van der Waals surface area contributed by atoms with E-state index in [1.54, 1.807) is 11.3 Å². The van der Waals surface area contributed by atoms with Gasteiger partial charge in [0.2, 0.25) is 5.91 Å². The molecule has 1 aliphatic rings. The quantitative estimate of drug-likeness (QED) is 0.654. The molecule has 0 radical (unpaired) electrons. The standard InChI is InChI=1S/C21H29ClN2O3S/c1-12(2)21-24-17-9-10-18(19(22)20(17)28-21)27-16-7-5-15(6-8-16)26-11-13(3)23-14(4)25/h9-10,12-13,15-16H,5-8,11H2,1-4H3,(H,23,25)/t13-,15-,16-/m0/s1. The molecule has 1 aromatic heterocycles. The summed E-state index contributed by atoms with van der Waals surface area (Å²) >= 11 is 8.27. The van der Waals surface area contributed by atoms with Gasteiger partial charge >= 0.3 is 0 Å². The zero-order valence-electron chi connectivity index (χ0n) is 17.0. The van der Waals surface area contributed by atoms with Crippen LogP contribution in [0.3, 0.4) is 0 Å². The number of aromatic nitrogens is 1. The fraction of sp³-hybridized carbons (Fsp3) is 0.619. The monoisotopic (exact) mass is 424 g/mol. The number of carbonyl (C=O) groups is 1. The van der Waals surface area contributed by atoms with Crippen LogP contribution in [0.1, 0.15) is 64.3 Å². The first-order chi connectivity index (χ1) is 13.3. The number of ether oxygens (including phenoxy) is 2. The molecule has 1 heterocycles. The van der Waals surface area contributed by atoms with Crippen molar-refractivity contribution in [2.45, 2.75) is 77.5 Å². The summed E-state index contributed by atoms with van der Waals surface area (Å²) in [5, 5.41) is 4.61. The lowest BCUT2D eigenvalue weighted by atomic mass is 9.95. The molecule has 3 rings (SSSR count). The highest BCUT2D eigenvalue weighted by atomic mass is 35.5. The molecule has 5 nitrogen and oxygen atoms in total. The molecule has 1 atom stereocenters. The second-order valence-corrected chi connectivity index (χ2v) is 9.29. The van der Waals surface area contributed by atoms with E-state index in [0.29, 0.717) is 17.5 Å². The van der Waals surface area contributed by atoms with E-state index < -0.39 is 0 Å². The average Bonchev–Trinajstić information content (AvgIpc) is 3.08. The molecule has 28 heavy (non-hydrogen) atoms. The average molecular weight is 425 g/mol. The van der Waals surface area contributed by atoms with Crippen molar-refractivity contribution < 1.29 is 14.3 Å². The summed E-state index contributed by atoms with van der Waals surface area (Å²) in [5.74, 6) is 1.11. The normalized spacial score (nSPS) is 21.1. The Morgan fingerprint density at radius 1 is 1.25 bits per heavy atom. The summed E-state index contributed by atoms with van der Waals surface area (Å²) in [7, 11) is 0. The molecular formula is C21H29ClN2O3S. The number of halogens is 1. The number of hydrogen-bond donors (Lipinski definition) is 1. The van der Waals surface area contributed by atoms with Crippen molar-refractivity contribution in [3.63, 3.8) is 0 Å². The first-order valence-electron chi connectivity index (χ1n) is 9.97. The highest BCUT2D eigenvalue weighted by Gasteiger charge is 2.25. The molecule has 1 amide bonds. The van der Waals surface area contributed by atoms with E-state index in [9.17, 15) is 4.79 Å². The van der Waals surface area contributed by atoms with Crippen LogP contribution in [-0.2, 0) is 9.53 Å². The predicted molar refractivity (Wildman–Crippen MR) is 115 cm³/mol. The zero-order chi connectivity index (χ0) is 20.3. The second-order valence-electron chi connectivity index (χ2n) is 7.88. The van der Waals surface area contributed by atoms with Crippen LogP contribution in [0.5, 0.6) is 5.75 Å². The third kappa shape index (κ3) is 5.37.